The zero-order valence-corrected chi connectivity index (χ0v) is 22.2. The molecule has 11 heteroatoms. The molecule has 0 atom stereocenters. The van der Waals surface area contributed by atoms with Gasteiger partial charge in [-0.25, -0.2) is 9.97 Å². The van der Waals surface area contributed by atoms with E-state index in [0.29, 0.717) is 35.5 Å². The summed E-state index contributed by atoms with van der Waals surface area (Å²) in [6.07, 6.45) is 1.40. The summed E-state index contributed by atoms with van der Waals surface area (Å²) >= 11 is 0. The number of phenols is 1. The predicted octanol–water partition coefficient (Wildman–Crippen LogP) is 4.71. The van der Waals surface area contributed by atoms with Gasteiger partial charge in [0.05, 0.1) is 39.1 Å². The molecule has 0 radical (unpaired) electrons. The van der Waals surface area contributed by atoms with E-state index in [0.717, 1.165) is 50.0 Å². The second-order valence-corrected chi connectivity index (χ2v) is 9.00. The van der Waals surface area contributed by atoms with Crippen molar-refractivity contribution in [2.24, 2.45) is 0 Å². The molecule has 0 bridgehead atoms. The molecule has 1 aromatic heterocycles. The van der Waals surface area contributed by atoms with Crippen molar-refractivity contribution in [3.63, 3.8) is 0 Å². The number of phenolic OH excluding ortho intramolecular Hbond substituents is 1. The number of aromatic hydroxyl groups is 1. The Labute approximate surface area is 232 Å². The molecule has 208 valence electrons. The van der Waals surface area contributed by atoms with Crippen LogP contribution in [0.5, 0.6) is 23.0 Å². The number of methoxy groups -OCH3 is 1. The van der Waals surface area contributed by atoms with Crippen LogP contribution in [0.1, 0.15) is 5.56 Å². The summed E-state index contributed by atoms with van der Waals surface area (Å²) in [6.45, 7) is 4.90. The van der Waals surface area contributed by atoms with Gasteiger partial charge in [-0.1, -0.05) is 18.2 Å². The SMILES string of the molecule is COc1cc(Nc2ncnc(Nc3ccc(Oc4ccccc4)cc3)n2)cc(O)c1COCCN1CCOCC1. The zero-order chi connectivity index (χ0) is 27.6. The Morgan fingerprint density at radius 3 is 2.33 bits per heavy atom. The summed E-state index contributed by atoms with van der Waals surface area (Å²) in [4.78, 5) is 15.1. The molecular weight excluding hydrogens is 512 g/mol. The van der Waals surface area contributed by atoms with Gasteiger partial charge in [0.1, 0.15) is 29.3 Å². The van der Waals surface area contributed by atoms with Gasteiger partial charge < -0.3 is 34.7 Å². The molecule has 3 aromatic carbocycles. The van der Waals surface area contributed by atoms with Gasteiger partial charge in [-0.15, -0.1) is 0 Å². The van der Waals surface area contributed by atoms with Crippen molar-refractivity contribution in [3.8, 4) is 23.0 Å². The van der Waals surface area contributed by atoms with Crippen LogP contribution in [-0.4, -0.2) is 71.5 Å². The smallest absolute Gasteiger partial charge is 0.232 e. The highest BCUT2D eigenvalue weighted by molar-refractivity contribution is 5.63. The fourth-order valence-electron chi connectivity index (χ4n) is 4.13. The number of anilines is 4. The lowest BCUT2D eigenvalue weighted by atomic mass is 10.1. The van der Waals surface area contributed by atoms with E-state index < -0.39 is 0 Å². The Morgan fingerprint density at radius 1 is 0.900 bits per heavy atom. The monoisotopic (exact) mass is 544 g/mol. The first-order valence-electron chi connectivity index (χ1n) is 13.0. The van der Waals surface area contributed by atoms with Gasteiger partial charge in [-0.05, 0) is 36.4 Å². The summed E-state index contributed by atoms with van der Waals surface area (Å²) in [7, 11) is 1.55. The average molecular weight is 545 g/mol. The quantitative estimate of drug-likeness (QED) is 0.215. The van der Waals surface area contributed by atoms with E-state index in [4.69, 9.17) is 18.9 Å². The van der Waals surface area contributed by atoms with Crippen LogP contribution in [0.2, 0.25) is 0 Å². The number of ether oxygens (including phenoxy) is 4. The third-order valence-electron chi connectivity index (χ3n) is 6.22. The largest absolute Gasteiger partial charge is 0.507 e. The summed E-state index contributed by atoms with van der Waals surface area (Å²) < 4.78 is 22.5. The van der Waals surface area contributed by atoms with Gasteiger partial charge in [-0.3, -0.25) is 4.90 Å². The standard InChI is InChI=1S/C29H32N6O5/c1-37-27-18-22(17-26(36)25(27)19-39-16-13-35-11-14-38-15-12-35)33-29-31-20-30-28(34-29)32-21-7-9-24(10-8-21)40-23-5-3-2-4-6-23/h2-10,17-18,20,36H,11-16,19H2,1H3,(H2,30,31,32,33,34). The first-order valence-corrected chi connectivity index (χ1v) is 13.0. The lowest BCUT2D eigenvalue weighted by molar-refractivity contribution is 0.0177. The van der Waals surface area contributed by atoms with Crippen LogP contribution in [0.25, 0.3) is 0 Å². The number of nitrogens with one attached hydrogen (secondary N) is 2. The molecule has 3 N–H and O–H groups in total. The van der Waals surface area contributed by atoms with Gasteiger partial charge in [0.2, 0.25) is 11.9 Å². The van der Waals surface area contributed by atoms with Crippen molar-refractivity contribution >= 4 is 23.3 Å². The van der Waals surface area contributed by atoms with Crippen molar-refractivity contribution in [3.05, 3.63) is 78.6 Å². The zero-order valence-electron chi connectivity index (χ0n) is 22.2. The molecule has 0 saturated carbocycles. The molecule has 1 aliphatic rings. The predicted molar refractivity (Wildman–Crippen MR) is 151 cm³/mol. The van der Waals surface area contributed by atoms with E-state index >= 15 is 0 Å². The summed E-state index contributed by atoms with van der Waals surface area (Å²) in [6, 6.07) is 20.4. The number of hydrogen-bond acceptors (Lipinski definition) is 11. The maximum Gasteiger partial charge on any atom is 0.232 e. The van der Waals surface area contributed by atoms with Crippen LogP contribution >= 0.6 is 0 Å². The molecule has 11 nitrogen and oxygen atoms in total. The van der Waals surface area contributed by atoms with Crippen LogP contribution < -0.4 is 20.1 Å². The number of para-hydroxylation sites is 1. The third-order valence-corrected chi connectivity index (χ3v) is 6.22. The molecule has 2 heterocycles. The number of morpholine rings is 1. The first kappa shape index (κ1) is 27.1. The maximum atomic E-state index is 10.7. The van der Waals surface area contributed by atoms with Crippen molar-refractivity contribution in [1.82, 2.24) is 19.9 Å². The van der Waals surface area contributed by atoms with Crippen LogP contribution in [-0.2, 0) is 16.1 Å². The van der Waals surface area contributed by atoms with Crippen molar-refractivity contribution in [1.29, 1.82) is 0 Å². The highest BCUT2D eigenvalue weighted by atomic mass is 16.5. The molecule has 0 aliphatic carbocycles. The normalized spacial score (nSPS) is 13.5. The fourth-order valence-corrected chi connectivity index (χ4v) is 4.13. The lowest BCUT2D eigenvalue weighted by Gasteiger charge is -2.26. The summed E-state index contributed by atoms with van der Waals surface area (Å²) in [5.41, 5.74) is 1.92. The Morgan fingerprint density at radius 2 is 1.60 bits per heavy atom. The Balaban J connectivity index is 1.17. The van der Waals surface area contributed by atoms with Gasteiger partial charge in [0, 0.05) is 43.1 Å². The number of aromatic nitrogens is 3. The van der Waals surface area contributed by atoms with Crippen LogP contribution in [0.3, 0.4) is 0 Å². The molecule has 1 aliphatic heterocycles. The van der Waals surface area contributed by atoms with Gasteiger partial charge in [-0.2, -0.15) is 4.98 Å². The molecule has 4 aromatic rings. The minimum Gasteiger partial charge on any atom is -0.507 e. The minimum atomic E-state index is 0.0541. The van der Waals surface area contributed by atoms with Gasteiger partial charge >= 0.3 is 0 Å². The highest BCUT2D eigenvalue weighted by Crippen LogP contribution is 2.33. The molecule has 1 fully saturated rings. The van der Waals surface area contributed by atoms with Gasteiger partial charge in [0.15, 0.2) is 0 Å². The van der Waals surface area contributed by atoms with E-state index in [1.54, 1.807) is 19.2 Å². The van der Waals surface area contributed by atoms with Crippen LogP contribution in [0.15, 0.2) is 73.1 Å². The fraction of sp³-hybridized carbons (Fsp3) is 0.276. The summed E-state index contributed by atoms with van der Waals surface area (Å²) in [5, 5.41) is 16.9. The van der Waals surface area contributed by atoms with E-state index in [1.807, 2.05) is 54.6 Å². The second-order valence-electron chi connectivity index (χ2n) is 9.00. The van der Waals surface area contributed by atoms with E-state index in [9.17, 15) is 5.11 Å². The molecule has 1 saturated heterocycles. The topological polar surface area (TPSA) is 123 Å². The number of benzene rings is 3. The first-order chi connectivity index (χ1) is 19.7. The lowest BCUT2D eigenvalue weighted by Crippen LogP contribution is -2.38. The van der Waals surface area contributed by atoms with Crippen LogP contribution in [0, 0.1) is 0 Å². The van der Waals surface area contributed by atoms with E-state index in [-0.39, 0.29) is 12.4 Å². The van der Waals surface area contributed by atoms with Crippen molar-refractivity contribution in [2.75, 3.05) is 57.2 Å². The second kappa shape index (κ2) is 13.6. The molecule has 0 spiro atoms. The number of nitrogens with zero attached hydrogens (tertiary/aromatic N) is 4. The van der Waals surface area contributed by atoms with E-state index in [2.05, 4.69) is 30.5 Å². The maximum absolute atomic E-state index is 10.7. The number of rotatable bonds is 12. The third kappa shape index (κ3) is 7.56. The molecule has 5 rings (SSSR count). The Hall–Kier alpha value is -4.45. The molecule has 0 amide bonds. The van der Waals surface area contributed by atoms with Gasteiger partial charge in [0.25, 0.3) is 0 Å². The van der Waals surface area contributed by atoms with Crippen LogP contribution in [0.4, 0.5) is 23.3 Å². The molecule has 0 unspecified atom stereocenters. The molecule has 40 heavy (non-hydrogen) atoms. The van der Waals surface area contributed by atoms with E-state index in [1.165, 1.54) is 6.33 Å². The van der Waals surface area contributed by atoms with Crippen molar-refractivity contribution in [2.45, 2.75) is 6.61 Å². The number of hydrogen-bond donors (Lipinski definition) is 3. The minimum absolute atomic E-state index is 0.0541. The highest BCUT2D eigenvalue weighted by Gasteiger charge is 2.14. The Bertz CT molecular complexity index is 1370. The molecular formula is C29H32N6O5. The average Bonchev–Trinajstić information content (AvgIpc) is 2.98. The summed E-state index contributed by atoms with van der Waals surface area (Å²) in [5.74, 6) is 2.70. The Kier molecular flexibility index (Phi) is 9.20. The van der Waals surface area contributed by atoms with Crippen molar-refractivity contribution < 1.29 is 24.1 Å².